The largest absolute Gasteiger partial charge is 0.482 e. The molecule has 0 radical (unpaired) electrons. The number of benzene rings is 2. The minimum Gasteiger partial charge on any atom is -0.482 e. The summed E-state index contributed by atoms with van der Waals surface area (Å²) in [5, 5.41) is 4.06. The standard InChI is InChI=1S/C27H30Cl2N4O2/c1-18(25-22(28)6-4-7-23(25)29)35-24-16-21(17-32-26(24)30)19-8-10-20(11-9-19)27(34)31-12-5-15-33-13-2-3-14-33/h4,6-11,16-18H,2-3,5,12-15H2,1H3,(H2,30,32)(H,31,34). The molecular weight excluding hydrogens is 483 g/mol. The number of halogens is 2. The highest BCUT2D eigenvalue weighted by Crippen LogP contribution is 2.35. The summed E-state index contributed by atoms with van der Waals surface area (Å²) in [6, 6.07) is 14.6. The SMILES string of the molecule is CC(Oc1cc(-c2ccc(C(=O)NCCCN3CCCC3)cc2)cnc1N)c1c(Cl)cccc1Cl. The maximum Gasteiger partial charge on any atom is 0.251 e. The third-order valence-electron chi connectivity index (χ3n) is 6.21. The second kappa shape index (κ2) is 11.8. The molecule has 1 unspecified atom stereocenters. The van der Waals surface area contributed by atoms with E-state index in [9.17, 15) is 4.79 Å². The Morgan fingerprint density at radius 2 is 1.80 bits per heavy atom. The molecule has 0 aliphatic carbocycles. The first-order valence-corrected chi connectivity index (χ1v) is 12.6. The first kappa shape index (κ1) is 25.3. The van der Waals surface area contributed by atoms with Gasteiger partial charge in [0.1, 0.15) is 6.10 Å². The van der Waals surface area contributed by atoms with Crippen LogP contribution in [0.1, 0.15) is 48.2 Å². The van der Waals surface area contributed by atoms with Crippen molar-refractivity contribution in [2.75, 3.05) is 31.9 Å². The Balaban J connectivity index is 1.39. The lowest BCUT2D eigenvalue weighted by Crippen LogP contribution is -2.28. The Hall–Kier alpha value is -2.80. The molecule has 2 heterocycles. The molecule has 3 N–H and O–H groups in total. The van der Waals surface area contributed by atoms with E-state index in [1.165, 1.54) is 25.9 Å². The molecule has 0 bridgehead atoms. The summed E-state index contributed by atoms with van der Waals surface area (Å²) < 4.78 is 6.08. The molecule has 1 aliphatic rings. The molecule has 3 aromatic rings. The van der Waals surface area contributed by atoms with Crippen LogP contribution in [0.4, 0.5) is 5.82 Å². The number of hydrogen-bond donors (Lipinski definition) is 2. The molecule has 184 valence electrons. The van der Waals surface area contributed by atoms with E-state index in [1.54, 1.807) is 24.4 Å². The smallest absolute Gasteiger partial charge is 0.251 e. The number of anilines is 1. The number of likely N-dealkylation sites (tertiary alicyclic amines) is 1. The summed E-state index contributed by atoms with van der Waals surface area (Å²) in [5.74, 6) is 0.641. The van der Waals surface area contributed by atoms with Gasteiger partial charge in [0.25, 0.3) is 5.91 Å². The summed E-state index contributed by atoms with van der Waals surface area (Å²) in [6.07, 6.45) is 4.78. The number of pyridine rings is 1. The third kappa shape index (κ3) is 6.45. The minimum absolute atomic E-state index is 0.0668. The van der Waals surface area contributed by atoms with Crippen LogP contribution in [0.5, 0.6) is 5.75 Å². The lowest BCUT2D eigenvalue weighted by molar-refractivity contribution is 0.0952. The average molecular weight is 513 g/mol. The third-order valence-corrected chi connectivity index (χ3v) is 6.87. The number of carbonyl (C=O) groups excluding carboxylic acids is 1. The van der Waals surface area contributed by atoms with E-state index in [-0.39, 0.29) is 11.7 Å². The molecule has 1 aliphatic heterocycles. The molecule has 0 spiro atoms. The van der Waals surface area contributed by atoms with E-state index < -0.39 is 6.10 Å². The van der Waals surface area contributed by atoms with Crippen LogP contribution in [-0.2, 0) is 0 Å². The van der Waals surface area contributed by atoms with Gasteiger partial charge in [-0.05, 0) is 81.7 Å². The van der Waals surface area contributed by atoms with Crippen LogP contribution < -0.4 is 15.8 Å². The second-order valence-corrected chi connectivity index (χ2v) is 9.55. The Morgan fingerprint density at radius 3 is 2.49 bits per heavy atom. The van der Waals surface area contributed by atoms with Crippen LogP contribution in [0.25, 0.3) is 11.1 Å². The van der Waals surface area contributed by atoms with Crippen LogP contribution in [0.3, 0.4) is 0 Å². The molecule has 6 nitrogen and oxygen atoms in total. The van der Waals surface area contributed by atoms with E-state index in [2.05, 4.69) is 15.2 Å². The Morgan fingerprint density at radius 1 is 1.11 bits per heavy atom. The number of rotatable bonds is 9. The number of amides is 1. The quantitative estimate of drug-likeness (QED) is 0.344. The zero-order valence-corrected chi connectivity index (χ0v) is 21.3. The van der Waals surface area contributed by atoms with Crippen molar-refractivity contribution in [3.05, 3.63) is 75.9 Å². The van der Waals surface area contributed by atoms with Crippen molar-refractivity contribution >= 4 is 34.9 Å². The fraction of sp³-hybridized carbons (Fsp3) is 0.333. The minimum atomic E-state index is -0.424. The summed E-state index contributed by atoms with van der Waals surface area (Å²) >= 11 is 12.6. The normalized spacial score (nSPS) is 14.6. The monoisotopic (exact) mass is 512 g/mol. The van der Waals surface area contributed by atoms with Crippen LogP contribution in [-0.4, -0.2) is 42.0 Å². The molecule has 0 saturated carbocycles. The highest BCUT2D eigenvalue weighted by molar-refractivity contribution is 6.36. The summed E-state index contributed by atoms with van der Waals surface area (Å²) in [4.78, 5) is 19.2. The Kier molecular flexibility index (Phi) is 8.50. The fourth-order valence-electron chi connectivity index (χ4n) is 4.28. The number of nitrogens with two attached hydrogens (primary N) is 1. The molecule has 1 atom stereocenters. The van der Waals surface area contributed by atoms with Crippen molar-refractivity contribution in [3.8, 4) is 16.9 Å². The van der Waals surface area contributed by atoms with Gasteiger partial charge in [0, 0.05) is 39.5 Å². The molecule has 8 heteroatoms. The predicted molar refractivity (Wildman–Crippen MR) is 142 cm³/mol. The van der Waals surface area contributed by atoms with Gasteiger partial charge in [0.2, 0.25) is 0 Å². The van der Waals surface area contributed by atoms with E-state index in [0.717, 1.165) is 24.1 Å². The first-order chi connectivity index (χ1) is 16.9. The van der Waals surface area contributed by atoms with Gasteiger partial charge in [-0.25, -0.2) is 4.98 Å². The maximum atomic E-state index is 12.5. The highest BCUT2D eigenvalue weighted by Gasteiger charge is 2.17. The van der Waals surface area contributed by atoms with E-state index in [1.807, 2.05) is 37.3 Å². The molecular formula is C27H30Cl2N4O2. The fourth-order valence-corrected chi connectivity index (χ4v) is 4.99. The van der Waals surface area contributed by atoms with Gasteiger partial charge in [-0.3, -0.25) is 4.79 Å². The van der Waals surface area contributed by atoms with Crippen molar-refractivity contribution in [3.63, 3.8) is 0 Å². The van der Waals surface area contributed by atoms with Gasteiger partial charge >= 0.3 is 0 Å². The lowest BCUT2D eigenvalue weighted by Gasteiger charge is -2.19. The average Bonchev–Trinajstić information content (AvgIpc) is 3.37. The van der Waals surface area contributed by atoms with E-state index in [0.29, 0.717) is 33.5 Å². The van der Waals surface area contributed by atoms with Crippen molar-refractivity contribution in [2.45, 2.75) is 32.3 Å². The van der Waals surface area contributed by atoms with E-state index >= 15 is 0 Å². The summed E-state index contributed by atoms with van der Waals surface area (Å²) in [7, 11) is 0. The van der Waals surface area contributed by atoms with Gasteiger partial charge in [-0.2, -0.15) is 0 Å². The van der Waals surface area contributed by atoms with Crippen molar-refractivity contribution in [1.29, 1.82) is 0 Å². The molecule has 1 fully saturated rings. The van der Waals surface area contributed by atoms with Crippen LogP contribution >= 0.6 is 23.2 Å². The van der Waals surface area contributed by atoms with Crippen LogP contribution in [0.2, 0.25) is 10.0 Å². The lowest BCUT2D eigenvalue weighted by atomic mass is 10.0. The maximum absolute atomic E-state index is 12.5. The van der Waals surface area contributed by atoms with Gasteiger partial charge in [-0.15, -0.1) is 0 Å². The van der Waals surface area contributed by atoms with Crippen LogP contribution in [0.15, 0.2) is 54.7 Å². The Labute approximate surface area is 216 Å². The topological polar surface area (TPSA) is 80.5 Å². The molecule has 1 saturated heterocycles. The zero-order valence-electron chi connectivity index (χ0n) is 19.8. The first-order valence-electron chi connectivity index (χ1n) is 11.9. The van der Waals surface area contributed by atoms with Crippen LogP contribution in [0, 0.1) is 0 Å². The van der Waals surface area contributed by atoms with Gasteiger partial charge in [0.15, 0.2) is 11.6 Å². The van der Waals surface area contributed by atoms with Crippen molar-refractivity contribution < 1.29 is 9.53 Å². The summed E-state index contributed by atoms with van der Waals surface area (Å²) in [6.45, 7) is 5.92. The number of ether oxygens (including phenoxy) is 1. The number of nitrogens with zero attached hydrogens (tertiary/aromatic N) is 2. The molecule has 2 aromatic carbocycles. The number of nitrogen functional groups attached to an aromatic ring is 1. The van der Waals surface area contributed by atoms with Gasteiger partial charge in [-0.1, -0.05) is 41.4 Å². The number of carbonyl (C=O) groups is 1. The zero-order chi connectivity index (χ0) is 24.8. The highest BCUT2D eigenvalue weighted by atomic mass is 35.5. The number of nitrogens with one attached hydrogen (secondary N) is 1. The Bertz CT molecular complexity index is 1140. The van der Waals surface area contributed by atoms with Crippen molar-refractivity contribution in [2.24, 2.45) is 0 Å². The number of hydrogen-bond acceptors (Lipinski definition) is 5. The molecule has 4 rings (SSSR count). The van der Waals surface area contributed by atoms with Crippen molar-refractivity contribution in [1.82, 2.24) is 15.2 Å². The van der Waals surface area contributed by atoms with Gasteiger partial charge < -0.3 is 20.7 Å². The van der Waals surface area contributed by atoms with Gasteiger partial charge in [0.05, 0.1) is 0 Å². The molecule has 1 aromatic heterocycles. The second-order valence-electron chi connectivity index (χ2n) is 8.74. The number of aromatic nitrogens is 1. The molecule has 1 amide bonds. The predicted octanol–water partition coefficient (Wildman–Crippen LogP) is 5.99. The molecule has 35 heavy (non-hydrogen) atoms. The van der Waals surface area contributed by atoms with E-state index in [4.69, 9.17) is 33.7 Å². The summed E-state index contributed by atoms with van der Waals surface area (Å²) in [5.41, 5.74) is 9.11.